The Balaban J connectivity index is 1.80. The highest BCUT2D eigenvalue weighted by Crippen LogP contribution is 2.31. The second-order valence-corrected chi connectivity index (χ2v) is 8.66. The topological polar surface area (TPSA) is 72.5 Å². The van der Waals surface area contributed by atoms with Crippen molar-refractivity contribution in [2.75, 3.05) is 7.11 Å². The number of methoxy groups -OCH3 is 1. The minimum atomic E-state index is -3.59. The van der Waals surface area contributed by atoms with Gasteiger partial charge in [0.1, 0.15) is 0 Å². The van der Waals surface area contributed by atoms with E-state index in [1.165, 1.54) is 13.2 Å². The van der Waals surface area contributed by atoms with Gasteiger partial charge >= 0.3 is 5.97 Å². The lowest BCUT2D eigenvalue weighted by Crippen LogP contribution is -2.41. The first-order valence-electron chi connectivity index (χ1n) is 8.47. The lowest BCUT2D eigenvalue weighted by molar-refractivity contribution is 0.0600. The van der Waals surface area contributed by atoms with E-state index in [2.05, 4.69) is 4.72 Å². The third kappa shape index (κ3) is 4.58. The van der Waals surface area contributed by atoms with E-state index >= 15 is 0 Å². The van der Waals surface area contributed by atoms with Gasteiger partial charge in [0, 0.05) is 11.1 Å². The molecule has 0 bridgehead atoms. The molecule has 1 fully saturated rings. The second-order valence-electron chi connectivity index (χ2n) is 6.51. The Morgan fingerprint density at radius 1 is 1.22 bits per heavy atom. The summed E-state index contributed by atoms with van der Waals surface area (Å²) < 4.78 is 32.6. The molecule has 1 unspecified atom stereocenters. The largest absolute Gasteiger partial charge is 0.465 e. The van der Waals surface area contributed by atoms with Gasteiger partial charge < -0.3 is 4.74 Å². The standard InChI is InChI=1S/C20H20ClNO4S/c1-13-3-6-18(7-4-13)27(24,25)22-19-8-5-15(19)9-14-10-16(20(23)26-2)12-17(21)11-14/h3-4,6-7,9-12,19,22H,5,8H2,1-2H3/b15-9+. The van der Waals surface area contributed by atoms with Crippen LogP contribution >= 0.6 is 11.6 Å². The minimum Gasteiger partial charge on any atom is -0.465 e. The molecule has 1 saturated carbocycles. The van der Waals surface area contributed by atoms with Gasteiger partial charge in [-0.1, -0.05) is 40.9 Å². The van der Waals surface area contributed by atoms with Crippen molar-refractivity contribution in [3.05, 3.63) is 69.8 Å². The summed E-state index contributed by atoms with van der Waals surface area (Å²) in [5.74, 6) is -0.470. The summed E-state index contributed by atoms with van der Waals surface area (Å²) in [6.07, 6.45) is 3.37. The lowest BCUT2D eigenvalue weighted by atomic mass is 9.85. The van der Waals surface area contributed by atoms with E-state index in [1.807, 2.05) is 13.0 Å². The first-order chi connectivity index (χ1) is 12.8. The van der Waals surface area contributed by atoms with E-state index in [4.69, 9.17) is 16.3 Å². The van der Waals surface area contributed by atoms with Crippen molar-refractivity contribution in [2.45, 2.75) is 30.7 Å². The molecule has 0 saturated heterocycles. The lowest BCUT2D eigenvalue weighted by Gasteiger charge is -2.30. The summed E-state index contributed by atoms with van der Waals surface area (Å²) in [4.78, 5) is 12.0. The maximum absolute atomic E-state index is 12.6. The van der Waals surface area contributed by atoms with Gasteiger partial charge in [-0.25, -0.2) is 17.9 Å². The number of esters is 1. The van der Waals surface area contributed by atoms with E-state index in [0.29, 0.717) is 10.6 Å². The van der Waals surface area contributed by atoms with E-state index in [0.717, 1.165) is 29.5 Å². The molecule has 7 heteroatoms. The quantitative estimate of drug-likeness (QED) is 0.764. The van der Waals surface area contributed by atoms with Gasteiger partial charge in [0.25, 0.3) is 0 Å². The zero-order valence-electron chi connectivity index (χ0n) is 15.0. The average Bonchev–Trinajstić information content (AvgIpc) is 2.62. The molecule has 0 spiro atoms. The molecule has 0 heterocycles. The molecule has 2 aromatic rings. The van der Waals surface area contributed by atoms with Crippen molar-refractivity contribution in [1.82, 2.24) is 4.72 Å². The first-order valence-corrected chi connectivity index (χ1v) is 10.3. The van der Waals surface area contributed by atoms with Crippen LogP contribution < -0.4 is 4.72 Å². The van der Waals surface area contributed by atoms with Crippen LogP contribution in [0.2, 0.25) is 5.02 Å². The van der Waals surface area contributed by atoms with Crippen molar-refractivity contribution in [3.8, 4) is 0 Å². The second kappa shape index (κ2) is 7.84. The fourth-order valence-electron chi connectivity index (χ4n) is 2.88. The number of hydrogen-bond donors (Lipinski definition) is 1. The Morgan fingerprint density at radius 3 is 2.52 bits per heavy atom. The number of carbonyl (C=O) groups is 1. The zero-order chi connectivity index (χ0) is 19.6. The van der Waals surface area contributed by atoms with E-state index in [1.54, 1.807) is 36.4 Å². The zero-order valence-corrected chi connectivity index (χ0v) is 16.6. The fourth-order valence-corrected chi connectivity index (χ4v) is 4.40. The van der Waals surface area contributed by atoms with Crippen molar-refractivity contribution >= 4 is 33.7 Å². The van der Waals surface area contributed by atoms with Crippen LogP contribution in [0.15, 0.2) is 52.9 Å². The van der Waals surface area contributed by atoms with Gasteiger partial charge in [-0.05, 0) is 55.7 Å². The molecule has 0 radical (unpaired) electrons. The van der Waals surface area contributed by atoms with Crippen molar-refractivity contribution < 1.29 is 17.9 Å². The highest BCUT2D eigenvalue weighted by atomic mass is 35.5. The molecule has 142 valence electrons. The predicted molar refractivity (Wildman–Crippen MR) is 105 cm³/mol. The number of benzene rings is 2. The Morgan fingerprint density at radius 2 is 1.93 bits per heavy atom. The Hall–Kier alpha value is -2.15. The third-order valence-corrected chi connectivity index (χ3v) is 6.20. The Bertz CT molecular complexity index is 997. The van der Waals surface area contributed by atoms with Crippen molar-refractivity contribution in [1.29, 1.82) is 0 Å². The summed E-state index contributed by atoms with van der Waals surface area (Å²) >= 11 is 6.08. The number of rotatable bonds is 5. The molecule has 1 aliphatic carbocycles. The SMILES string of the molecule is COC(=O)c1cc(Cl)cc(/C=C2\CCC2NS(=O)(=O)c2ccc(C)cc2)c1. The number of halogens is 1. The van der Waals surface area contributed by atoms with E-state index in [9.17, 15) is 13.2 Å². The minimum absolute atomic E-state index is 0.245. The van der Waals surface area contributed by atoms with Gasteiger partial charge in [-0.15, -0.1) is 0 Å². The van der Waals surface area contributed by atoms with Gasteiger partial charge in [0.15, 0.2) is 0 Å². The maximum atomic E-state index is 12.6. The highest BCUT2D eigenvalue weighted by molar-refractivity contribution is 7.89. The fraction of sp³-hybridized carbons (Fsp3) is 0.250. The summed E-state index contributed by atoms with van der Waals surface area (Å²) in [6, 6.07) is 11.4. The average molecular weight is 406 g/mol. The summed E-state index contributed by atoms with van der Waals surface area (Å²) in [5.41, 5.74) is 3.04. The van der Waals surface area contributed by atoms with Crippen LogP contribution in [0.1, 0.15) is 34.3 Å². The molecule has 1 N–H and O–H groups in total. The summed E-state index contributed by atoms with van der Waals surface area (Å²) in [7, 11) is -2.28. The van der Waals surface area contributed by atoms with E-state index in [-0.39, 0.29) is 10.9 Å². The van der Waals surface area contributed by atoms with Crippen LogP contribution in [0.25, 0.3) is 6.08 Å². The molecule has 0 aromatic heterocycles. The molecule has 3 rings (SSSR count). The number of ether oxygens (including phenoxy) is 1. The number of hydrogen-bond acceptors (Lipinski definition) is 4. The van der Waals surface area contributed by atoms with Gasteiger partial charge in [-0.3, -0.25) is 0 Å². The maximum Gasteiger partial charge on any atom is 0.337 e. The van der Waals surface area contributed by atoms with Gasteiger partial charge in [0.2, 0.25) is 10.0 Å². The molecular formula is C20H20ClNO4S. The first kappa shape index (κ1) is 19.6. The van der Waals surface area contributed by atoms with Crippen molar-refractivity contribution in [2.24, 2.45) is 0 Å². The summed E-state index contributed by atoms with van der Waals surface area (Å²) in [5, 5.41) is 0.417. The van der Waals surface area contributed by atoms with Crippen LogP contribution in [-0.2, 0) is 14.8 Å². The number of sulfonamides is 1. The molecular weight excluding hydrogens is 386 g/mol. The molecule has 0 amide bonds. The Kier molecular flexibility index (Phi) is 5.69. The van der Waals surface area contributed by atoms with Gasteiger partial charge in [0.05, 0.1) is 17.6 Å². The number of aryl methyl sites for hydroxylation is 1. The predicted octanol–water partition coefficient (Wildman–Crippen LogP) is 3.96. The van der Waals surface area contributed by atoms with Crippen LogP contribution in [0.4, 0.5) is 0 Å². The molecule has 0 aliphatic heterocycles. The molecule has 5 nitrogen and oxygen atoms in total. The highest BCUT2D eigenvalue weighted by Gasteiger charge is 2.29. The van der Waals surface area contributed by atoms with Crippen molar-refractivity contribution in [3.63, 3.8) is 0 Å². The third-order valence-electron chi connectivity index (χ3n) is 4.49. The van der Waals surface area contributed by atoms with Crippen LogP contribution in [0, 0.1) is 6.92 Å². The van der Waals surface area contributed by atoms with Gasteiger partial charge in [-0.2, -0.15) is 0 Å². The van der Waals surface area contributed by atoms with E-state index < -0.39 is 16.0 Å². The Labute approximate surface area is 164 Å². The smallest absolute Gasteiger partial charge is 0.337 e. The van der Waals surface area contributed by atoms with Crippen LogP contribution in [-0.4, -0.2) is 27.5 Å². The molecule has 27 heavy (non-hydrogen) atoms. The molecule has 1 aliphatic rings. The number of carbonyl (C=O) groups excluding carboxylic acids is 1. The molecule has 1 atom stereocenters. The van der Waals surface area contributed by atoms with Crippen LogP contribution in [0.3, 0.4) is 0 Å². The monoisotopic (exact) mass is 405 g/mol. The number of nitrogens with one attached hydrogen (secondary N) is 1. The summed E-state index contributed by atoms with van der Waals surface area (Å²) in [6.45, 7) is 1.91. The molecule has 2 aromatic carbocycles. The van der Waals surface area contributed by atoms with Crippen LogP contribution in [0.5, 0.6) is 0 Å². The normalized spacial score (nSPS) is 18.2.